The van der Waals surface area contributed by atoms with E-state index in [1.165, 1.54) is 4.31 Å². The molecule has 0 bridgehead atoms. The second-order valence-electron chi connectivity index (χ2n) is 9.17. The number of anilines is 1. The van der Waals surface area contributed by atoms with E-state index in [0.29, 0.717) is 67.0 Å². The maximum atomic E-state index is 13.6. The molecule has 3 heterocycles. The second kappa shape index (κ2) is 10.0. The fourth-order valence-electron chi connectivity index (χ4n) is 4.93. The monoisotopic (exact) mass is 577 g/mol. The minimum Gasteiger partial charge on any atom is -0.454 e. The Bertz CT molecular complexity index is 1320. The number of hydrogen-bond acceptors (Lipinski definition) is 6. The van der Waals surface area contributed by atoms with Crippen LogP contribution in [-0.2, 0) is 32.6 Å². The molecular weight excluding hydrogens is 550 g/mol. The molecule has 0 aromatic heterocycles. The lowest BCUT2D eigenvalue weighted by Gasteiger charge is -2.31. The number of nitrogens with one attached hydrogen (secondary N) is 1. The number of hydrogen-bond donors (Lipinski definition) is 1. The quantitative estimate of drug-likeness (QED) is 0.565. The molecule has 0 saturated carbocycles. The van der Waals surface area contributed by atoms with Gasteiger partial charge in [-0.3, -0.25) is 9.59 Å². The third-order valence-corrected chi connectivity index (χ3v) is 9.73. The van der Waals surface area contributed by atoms with E-state index in [1.807, 2.05) is 18.2 Å². The smallest absolute Gasteiger partial charge is 0.244 e. The minimum absolute atomic E-state index is 0.0309. The molecule has 5 rings (SSSR count). The Morgan fingerprint density at radius 1 is 1.14 bits per heavy atom. The SMILES string of the molecule is CCC(=O)N1CCc2cc(Br)c(S(=O)(=O)N3CCC[C@@H](C(=O)NCc4ccc5c(c4)OCO5)C3)cc21. The van der Waals surface area contributed by atoms with Crippen LogP contribution < -0.4 is 19.7 Å². The lowest BCUT2D eigenvalue weighted by Crippen LogP contribution is -2.45. The van der Waals surface area contributed by atoms with E-state index in [1.54, 1.807) is 24.0 Å². The Morgan fingerprint density at radius 2 is 1.94 bits per heavy atom. The summed E-state index contributed by atoms with van der Waals surface area (Å²) in [6.07, 6.45) is 2.25. The number of rotatable bonds is 6. The molecule has 0 radical (unpaired) electrons. The van der Waals surface area contributed by atoms with Gasteiger partial charge in [0.25, 0.3) is 0 Å². The van der Waals surface area contributed by atoms with Gasteiger partial charge in [0.2, 0.25) is 28.6 Å². The number of sulfonamides is 1. The third kappa shape index (κ3) is 4.71. The Hall–Kier alpha value is -2.63. The van der Waals surface area contributed by atoms with Crippen molar-refractivity contribution >= 4 is 43.5 Å². The van der Waals surface area contributed by atoms with E-state index in [-0.39, 0.29) is 30.0 Å². The highest BCUT2D eigenvalue weighted by Gasteiger charge is 2.36. The Morgan fingerprint density at radius 3 is 2.75 bits per heavy atom. The van der Waals surface area contributed by atoms with Crippen molar-refractivity contribution in [3.05, 3.63) is 45.9 Å². The molecule has 1 N–H and O–H groups in total. The molecule has 3 aliphatic rings. The van der Waals surface area contributed by atoms with Crippen molar-refractivity contribution in [2.45, 2.75) is 44.0 Å². The summed E-state index contributed by atoms with van der Waals surface area (Å²) >= 11 is 3.43. The molecule has 1 atom stereocenters. The van der Waals surface area contributed by atoms with Gasteiger partial charge in [0, 0.05) is 42.8 Å². The Kier molecular flexibility index (Phi) is 6.97. The molecule has 3 aliphatic heterocycles. The van der Waals surface area contributed by atoms with Gasteiger partial charge in [0.15, 0.2) is 11.5 Å². The number of benzene rings is 2. The summed E-state index contributed by atoms with van der Waals surface area (Å²) in [5.74, 6) is 0.666. The van der Waals surface area contributed by atoms with Gasteiger partial charge in [0.05, 0.1) is 10.8 Å². The molecule has 2 aromatic rings. The molecule has 1 saturated heterocycles. The molecule has 2 amide bonds. The van der Waals surface area contributed by atoms with Crippen molar-refractivity contribution < 1.29 is 27.5 Å². The largest absolute Gasteiger partial charge is 0.454 e. The summed E-state index contributed by atoms with van der Waals surface area (Å²) in [4.78, 5) is 27.1. The third-order valence-electron chi connectivity index (χ3n) is 6.91. The first-order valence-corrected chi connectivity index (χ1v) is 14.3. The second-order valence-corrected chi connectivity index (χ2v) is 11.9. The molecule has 0 unspecified atom stereocenters. The number of fused-ring (bicyclic) bond motifs is 2. The van der Waals surface area contributed by atoms with Gasteiger partial charge in [-0.05, 0) is 70.6 Å². The average molecular weight is 578 g/mol. The first-order chi connectivity index (χ1) is 17.3. The van der Waals surface area contributed by atoms with Crippen LogP contribution >= 0.6 is 15.9 Å². The average Bonchev–Trinajstić information content (AvgIpc) is 3.52. The number of halogens is 1. The normalized spacial score (nSPS) is 19.3. The number of nitrogens with zero attached hydrogens (tertiary/aromatic N) is 2. The van der Waals surface area contributed by atoms with Crippen molar-refractivity contribution in [1.29, 1.82) is 0 Å². The van der Waals surface area contributed by atoms with E-state index in [9.17, 15) is 18.0 Å². The van der Waals surface area contributed by atoms with E-state index < -0.39 is 15.9 Å². The highest BCUT2D eigenvalue weighted by atomic mass is 79.9. The standard InChI is InChI=1S/C25H28BrN3O6S/c1-2-24(30)29-9-7-17-11-19(26)23(12-20(17)29)36(32,33)28-8-3-4-18(14-28)25(31)27-13-16-5-6-21-22(10-16)35-15-34-21/h5-6,10-12,18H,2-4,7-9,13-15H2,1H3,(H,27,31)/t18-/m1/s1. The summed E-state index contributed by atoms with van der Waals surface area (Å²) in [7, 11) is -3.87. The zero-order chi connectivity index (χ0) is 25.4. The van der Waals surface area contributed by atoms with Crippen LogP contribution in [0.3, 0.4) is 0 Å². The Balaban J connectivity index is 1.29. The molecule has 2 aromatic carbocycles. The predicted molar refractivity (Wildman–Crippen MR) is 136 cm³/mol. The van der Waals surface area contributed by atoms with Crippen molar-refractivity contribution in [3.63, 3.8) is 0 Å². The van der Waals surface area contributed by atoms with Gasteiger partial charge in [0.1, 0.15) is 0 Å². The topological polar surface area (TPSA) is 105 Å². The summed E-state index contributed by atoms with van der Waals surface area (Å²) in [5.41, 5.74) is 2.47. The van der Waals surface area contributed by atoms with Gasteiger partial charge in [-0.2, -0.15) is 4.31 Å². The highest BCUT2D eigenvalue weighted by Crippen LogP contribution is 2.38. The number of piperidine rings is 1. The molecule has 192 valence electrons. The maximum Gasteiger partial charge on any atom is 0.244 e. The van der Waals surface area contributed by atoms with Crippen molar-refractivity contribution in [3.8, 4) is 11.5 Å². The van der Waals surface area contributed by atoms with Crippen LogP contribution in [0.15, 0.2) is 39.7 Å². The first-order valence-electron chi connectivity index (χ1n) is 12.1. The van der Waals surface area contributed by atoms with Gasteiger partial charge in [-0.1, -0.05) is 13.0 Å². The lowest BCUT2D eigenvalue weighted by molar-refractivity contribution is -0.126. The number of ether oxygens (including phenoxy) is 2. The van der Waals surface area contributed by atoms with Gasteiger partial charge >= 0.3 is 0 Å². The van der Waals surface area contributed by atoms with E-state index in [0.717, 1.165) is 11.1 Å². The van der Waals surface area contributed by atoms with E-state index in [4.69, 9.17) is 9.47 Å². The van der Waals surface area contributed by atoms with Crippen molar-refractivity contribution in [2.24, 2.45) is 5.92 Å². The first kappa shape index (κ1) is 25.0. The van der Waals surface area contributed by atoms with Crippen LogP contribution in [0.25, 0.3) is 0 Å². The van der Waals surface area contributed by atoms with Crippen LogP contribution in [0.4, 0.5) is 5.69 Å². The molecule has 1 fully saturated rings. The number of amides is 2. The Labute approximate surface area is 218 Å². The number of carbonyl (C=O) groups is 2. The zero-order valence-corrected chi connectivity index (χ0v) is 22.4. The summed E-state index contributed by atoms with van der Waals surface area (Å²) in [6, 6.07) is 8.90. The minimum atomic E-state index is -3.87. The van der Waals surface area contributed by atoms with Crippen molar-refractivity contribution in [2.75, 3.05) is 31.3 Å². The van der Waals surface area contributed by atoms with Crippen LogP contribution in [0.5, 0.6) is 11.5 Å². The van der Waals surface area contributed by atoms with Crippen LogP contribution in [0.2, 0.25) is 0 Å². The molecule has 36 heavy (non-hydrogen) atoms. The summed E-state index contributed by atoms with van der Waals surface area (Å²) < 4.78 is 39.8. The van der Waals surface area contributed by atoms with E-state index >= 15 is 0 Å². The fourth-order valence-corrected chi connectivity index (χ4v) is 7.53. The van der Waals surface area contributed by atoms with Gasteiger partial charge in [-0.15, -0.1) is 0 Å². The molecular formula is C25H28BrN3O6S. The zero-order valence-electron chi connectivity index (χ0n) is 20.0. The summed E-state index contributed by atoms with van der Waals surface area (Å²) in [6.45, 7) is 3.29. The fraction of sp³-hybridized carbons (Fsp3) is 0.440. The summed E-state index contributed by atoms with van der Waals surface area (Å²) in [5, 5.41) is 2.93. The van der Waals surface area contributed by atoms with Gasteiger partial charge in [-0.25, -0.2) is 8.42 Å². The van der Waals surface area contributed by atoms with Gasteiger partial charge < -0.3 is 19.7 Å². The van der Waals surface area contributed by atoms with Crippen LogP contribution in [0.1, 0.15) is 37.3 Å². The van der Waals surface area contributed by atoms with Crippen molar-refractivity contribution in [1.82, 2.24) is 9.62 Å². The molecule has 11 heteroatoms. The lowest BCUT2D eigenvalue weighted by atomic mass is 9.98. The van der Waals surface area contributed by atoms with E-state index in [2.05, 4.69) is 21.2 Å². The molecule has 0 aliphatic carbocycles. The van der Waals surface area contributed by atoms with Crippen LogP contribution in [-0.4, -0.2) is 51.0 Å². The number of carbonyl (C=O) groups excluding carboxylic acids is 2. The predicted octanol–water partition coefficient (Wildman–Crippen LogP) is 3.19. The highest BCUT2D eigenvalue weighted by molar-refractivity contribution is 9.10. The maximum absolute atomic E-state index is 13.6. The van der Waals surface area contributed by atoms with Crippen LogP contribution in [0, 0.1) is 5.92 Å². The molecule has 0 spiro atoms. The molecule has 9 nitrogen and oxygen atoms in total.